The molecule has 1 aromatic carbocycles. The SMILES string of the molecule is Cc1nonc1CC(=O)N1C2CCC1CC(c1ccc(F)cc1)C2. The van der Waals surface area contributed by atoms with Gasteiger partial charge in [-0.3, -0.25) is 4.79 Å². The number of benzene rings is 1. The zero-order valence-electron chi connectivity index (χ0n) is 13.6. The summed E-state index contributed by atoms with van der Waals surface area (Å²) in [6, 6.07) is 7.34. The van der Waals surface area contributed by atoms with E-state index in [1.165, 1.54) is 17.7 Å². The number of hydrogen-bond acceptors (Lipinski definition) is 4. The van der Waals surface area contributed by atoms with E-state index in [9.17, 15) is 9.18 Å². The number of nitrogens with zero attached hydrogens (tertiary/aromatic N) is 3. The van der Waals surface area contributed by atoms with Crippen molar-refractivity contribution < 1.29 is 13.8 Å². The van der Waals surface area contributed by atoms with Gasteiger partial charge in [-0.05, 0) is 56.2 Å². The third kappa shape index (κ3) is 2.70. The van der Waals surface area contributed by atoms with E-state index in [2.05, 4.69) is 14.9 Å². The number of aromatic nitrogens is 2. The lowest BCUT2D eigenvalue weighted by molar-refractivity contribution is -0.135. The van der Waals surface area contributed by atoms with Gasteiger partial charge in [0.05, 0.1) is 6.42 Å². The van der Waals surface area contributed by atoms with Gasteiger partial charge in [-0.25, -0.2) is 9.02 Å². The summed E-state index contributed by atoms with van der Waals surface area (Å²) in [6.07, 6.45) is 4.24. The second-order valence-corrected chi connectivity index (χ2v) is 6.88. The molecule has 6 heteroatoms. The molecule has 2 fully saturated rings. The number of rotatable bonds is 3. The predicted molar refractivity (Wildman–Crippen MR) is 84.8 cm³/mol. The minimum Gasteiger partial charge on any atom is -0.336 e. The largest absolute Gasteiger partial charge is 0.336 e. The van der Waals surface area contributed by atoms with E-state index in [0.29, 0.717) is 17.3 Å². The van der Waals surface area contributed by atoms with Gasteiger partial charge in [0, 0.05) is 12.1 Å². The minimum atomic E-state index is -0.203. The maximum absolute atomic E-state index is 13.1. The van der Waals surface area contributed by atoms with Gasteiger partial charge in [0.15, 0.2) is 0 Å². The van der Waals surface area contributed by atoms with Crippen LogP contribution in [0.15, 0.2) is 28.9 Å². The Morgan fingerprint density at radius 3 is 2.46 bits per heavy atom. The standard InChI is InChI=1S/C18H20FN3O2/c1-11-17(21-24-20-11)10-18(23)22-15-6-7-16(22)9-13(8-15)12-2-4-14(19)5-3-12/h2-5,13,15-16H,6-10H2,1H3. The number of fused-ring (bicyclic) bond motifs is 2. The van der Waals surface area contributed by atoms with Gasteiger partial charge >= 0.3 is 0 Å². The van der Waals surface area contributed by atoms with E-state index in [1.807, 2.05) is 17.0 Å². The van der Waals surface area contributed by atoms with Crippen LogP contribution in [0.4, 0.5) is 4.39 Å². The van der Waals surface area contributed by atoms with Crippen molar-refractivity contribution in [3.8, 4) is 0 Å². The van der Waals surface area contributed by atoms with Crippen molar-refractivity contribution in [3.05, 3.63) is 47.0 Å². The fourth-order valence-electron chi connectivity index (χ4n) is 4.24. The van der Waals surface area contributed by atoms with Crippen molar-refractivity contribution in [2.75, 3.05) is 0 Å². The molecule has 4 rings (SSSR count). The quantitative estimate of drug-likeness (QED) is 0.868. The molecule has 2 aromatic rings. The van der Waals surface area contributed by atoms with Crippen molar-refractivity contribution in [3.63, 3.8) is 0 Å². The number of carbonyl (C=O) groups excluding carboxylic acids is 1. The molecule has 2 bridgehead atoms. The lowest BCUT2D eigenvalue weighted by atomic mass is 9.85. The molecule has 0 saturated carbocycles. The second-order valence-electron chi connectivity index (χ2n) is 6.88. The average molecular weight is 329 g/mol. The molecule has 5 nitrogen and oxygen atoms in total. The predicted octanol–water partition coefficient (Wildman–Crippen LogP) is 3.00. The molecule has 1 aromatic heterocycles. The highest BCUT2D eigenvalue weighted by Gasteiger charge is 2.43. The summed E-state index contributed by atoms with van der Waals surface area (Å²) < 4.78 is 17.8. The number of amides is 1. The third-order valence-corrected chi connectivity index (χ3v) is 5.43. The summed E-state index contributed by atoms with van der Waals surface area (Å²) in [5.41, 5.74) is 2.48. The lowest BCUT2D eigenvalue weighted by Crippen LogP contribution is -2.46. The Hall–Kier alpha value is -2.24. The van der Waals surface area contributed by atoms with E-state index in [4.69, 9.17) is 0 Å². The van der Waals surface area contributed by atoms with Crippen LogP contribution in [0.5, 0.6) is 0 Å². The molecule has 0 radical (unpaired) electrons. The van der Waals surface area contributed by atoms with Crippen LogP contribution in [0.1, 0.15) is 48.6 Å². The Kier molecular flexibility index (Phi) is 3.82. The first kappa shape index (κ1) is 15.3. The fourth-order valence-corrected chi connectivity index (χ4v) is 4.24. The minimum absolute atomic E-state index is 0.110. The molecule has 3 heterocycles. The highest BCUT2D eigenvalue weighted by molar-refractivity contribution is 5.79. The second kappa shape index (κ2) is 6.00. The Labute approximate surface area is 139 Å². The molecule has 1 amide bonds. The number of hydrogen-bond donors (Lipinski definition) is 0. The van der Waals surface area contributed by atoms with Crippen molar-refractivity contribution in [2.45, 2.75) is 57.0 Å². The van der Waals surface area contributed by atoms with Gasteiger partial charge in [0.1, 0.15) is 17.2 Å². The van der Waals surface area contributed by atoms with E-state index in [0.717, 1.165) is 25.7 Å². The summed E-state index contributed by atoms with van der Waals surface area (Å²) in [6.45, 7) is 1.80. The molecular weight excluding hydrogens is 309 g/mol. The van der Waals surface area contributed by atoms with Crippen LogP contribution in [0.25, 0.3) is 0 Å². The van der Waals surface area contributed by atoms with E-state index in [-0.39, 0.29) is 30.2 Å². The monoisotopic (exact) mass is 329 g/mol. The highest BCUT2D eigenvalue weighted by Crippen LogP contribution is 2.43. The molecule has 24 heavy (non-hydrogen) atoms. The van der Waals surface area contributed by atoms with Crippen LogP contribution in [0, 0.1) is 12.7 Å². The molecule has 2 saturated heterocycles. The summed E-state index contributed by atoms with van der Waals surface area (Å²) in [4.78, 5) is 14.8. The number of piperidine rings is 1. The van der Waals surface area contributed by atoms with Crippen LogP contribution in [-0.4, -0.2) is 33.2 Å². The highest BCUT2D eigenvalue weighted by atomic mass is 19.1. The van der Waals surface area contributed by atoms with Gasteiger partial charge in [0.25, 0.3) is 0 Å². The molecule has 2 unspecified atom stereocenters. The smallest absolute Gasteiger partial charge is 0.229 e. The number of halogens is 1. The topological polar surface area (TPSA) is 59.2 Å². The van der Waals surface area contributed by atoms with Crippen LogP contribution >= 0.6 is 0 Å². The maximum atomic E-state index is 13.1. The lowest BCUT2D eigenvalue weighted by Gasteiger charge is -2.39. The molecular formula is C18H20FN3O2. The Balaban J connectivity index is 1.47. The van der Waals surface area contributed by atoms with E-state index in [1.54, 1.807) is 6.92 Å². The van der Waals surface area contributed by atoms with Gasteiger partial charge in [-0.15, -0.1) is 0 Å². The van der Waals surface area contributed by atoms with Crippen molar-refractivity contribution >= 4 is 5.91 Å². The third-order valence-electron chi connectivity index (χ3n) is 5.43. The Bertz CT molecular complexity index is 729. The Morgan fingerprint density at radius 1 is 1.21 bits per heavy atom. The van der Waals surface area contributed by atoms with Gasteiger partial charge < -0.3 is 4.90 Å². The van der Waals surface area contributed by atoms with Crippen LogP contribution < -0.4 is 0 Å². The zero-order valence-corrected chi connectivity index (χ0v) is 13.6. The maximum Gasteiger partial charge on any atom is 0.229 e. The first-order chi connectivity index (χ1) is 11.6. The van der Waals surface area contributed by atoms with E-state index < -0.39 is 0 Å². The molecule has 2 aliphatic rings. The zero-order chi connectivity index (χ0) is 16.7. The first-order valence-corrected chi connectivity index (χ1v) is 8.46. The molecule has 126 valence electrons. The first-order valence-electron chi connectivity index (χ1n) is 8.46. The molecule has 0 aliphatic carbocycles. The van der Waals surface area contributed by atoms with Crippen LogP contribution in [0.2, 0.25) is 0 Å². The fraction of sp³-hybridized carbons (Fsp3) is 0.500. The summed E-state index contributed by atoms with van der Waals surface area (Å²) in [5.74, 6) is 0.312. The molecule has 2 aliphatic heterocycles. The van der Waals surface area contributed by atoms with Gasteiger partial charge in [-0.1, -0.05) is 22.4 Å². The van der Waals surface area contributed by atoms with Crippen LogP contribution in [-0.2, 0) is 11.2 Å². The number of aryl methyl sites for hydroxylation is 1. The molecule has 0 spiro atoms. The van der Waals surface area contributed by atoms with Crippen molar-refractivity contribution in [2.24, 2.45) is 0 Å². The van der Waals surface area contributed by atoms with Gasteiger partial charge in [-0.2, -0.15) is 0 Å². The van der Waals surface area contributed by atoms with E-state index >= 15 is 0 Å². The van der Waals surface area contributed by atoms with Crippen LogP contribution in [0.3, 0.4) is 0 Å². The molecule has 0 N–H and O–H groups in total. The average Bonchev–Trinajstić information content (AvgIpc) is 3.08. The normalized spacial score (nSPS) is 25.9. The van der Waals surface area contributed by atoms with Crippen molar-refractivity contribution in [1.29, 1.82) is 0 Å². The summed E-state index contributed by atoms with van der Waals surface area (Å²) in [7, 11) is 0. The van der Waals surface area contributed by atoms with Crippen molar-refractivity contribution in [1.82, 2.24) is 15.2 Å². The molecule has 2 atom stereocenters. The number of carbonyl (C=O) groups is 1. The Morgan fingerprint density at radius 2 is 1.88 bits per heavy atom. The summed E-state index contributed by atoms with van der Waals surface area (Å²) in [5, 5.41) is 7.56. The summed E-state index contributed by atoms with van der Waals surface area (Å²) >= 11 is 0. The van der Waals surface area contributed by atoms with Gasteiger partial charge in [0.2, 0.25) is 5.91 Å².